The van der Waals surface area contributed by atoms with Gasteiger partial charge in [-0.05, 0) is 48.2 Å². The van der Waals surface area contributed by atoms with Gasteiger partial charge in [0, 0.05) is 13.1 Å². The van der Waals surface area contributed by atoms with E-state index in [4.69, 9.17) is 0 Å². The molecular weight excluding hydrogens is 458 g/mol. The van der Waals surface area contributed by atoms with E-state index in [1.807, 2.05) is 12.3 Å². The van der Waals surface area contributed by atoms with E-state index in [0.717, 1.165) is 5.56 Å². The van der Waals surface area contributed by atoms with Crippen molar-refractivity contribution in [1.29, 1.82) is 0 Å². The zero-order chi connectivity index (χ0) is 24.0. The van der Waals surface area contributed by atoms with Crippen molar-refractivity contribution in [3.8, 4) is 0 Å². The number of rotatable bonds is 9. The van der Waals surface area contributed by atoms with Crippen LogP contribution in [0.1, 0.15) is 52.4 Å². The highest BCUT2D eigenvalue weighted by molar-refractivity contribution is 7.89. The molecule has 0 radical (unpaired) electrons. The maximum absolute atomic E-state index is 12.9. The second kappa shape index (κ2) is 10.7. The van der Waals surface area contributed by atoms with E-state index in [-0.39, 0.29) is 22.8 Å². The lowest BCUT2D eigenvalue weighted by molar-refractivity contribution is 0.0940. The van der Waals surface area contributed by atoms with Gasteiger partial charge in [0.05, 0.1) is 27.1 Å². The molecule has 0 aliphatic heterocycles. The molecule has 3 rings (SSSR count). The first-order valence-electron chi connectivity index (χ1n) is 10.6. The maximum Gasteiger partial charge on any atom is 0.265 e. The monoisotopic (exact) mass is 485 g/mol. The summed E-state index contributed by atoms with van der Waals surface area (Å²) in [6, 6.07) is 16.5. The number of amides is 2. The van der Waals surface area contributed by atoms with E-state index in [9.17, 15) is 18.0 Å². The van der Waals surface area contributed by atoms with Gasteiger partial charge in [-0.1, -0.05) is 44.2 Å². The summed E-state index contributed by atoms with van der Waals surface area (Å²) < 4.78 is 26.7. The molecule has 0 fully saturated rings. The fourth-order valence-corrected chi connectivity index (χ4v) is 5.46. The molecule has 2 aromatic carbocycles. The lowest BCUT2D eigenvalue weighted by atomic mass is 10.1. The van der Waals surface area contributed by atoms with E-state index >= 15 is 0 Å². The topological polar surface area (TPSA) is 95.6 Å². The smallest absolute Gasteiger partial charge is 0.265 e. The minimum Gasteiger partial charge on any atom is -0.345 e. The van der Waals surface area contributed by atoms with Gasteiger partial charge in [-0.3, -0.25) is 9.59 Å². The highest BCUT2D eigenvalue weighted by Gasteiger charge is 2.22. The Kier molecular flexibility index (Phi) is 8.01. The van der Waals surface area contributed by atoms with Crippen LogP contribution in [0.25, 0.3) is 0 Å². The molecule has 7 nitrogen and oxygen atoms in total. The summed E-state index contributed by atoms with van der Waals surface area (Å²) in [4.78, 5) is 26.1. The Hall–Kier alpha value is -3.01. The number of carbonyl (C=O) groups excluding carboxylic acids is 2. The highest BCUT2D eigenvalue weighted by Crippen LogP contribution is 2.22. The van der Waals surface area contributed by atoms with Gasteiger partial charge in [-0.15, -0.1) is 11.3 Å². The largest absolute Gasteiger partial charge is 0.345 e. The third-order valence-corrected chi connectivity index (χ3v) is 8.17. The van der Waals surface area contributed by atoms with Crippen LogP contribution in [0.3, 0.4) is 0 Å². The number of thiophene rings is 1. The lowest BCUT2D eigenvalue weighted by Crippen LogP contribution is -2.30. The van der Waals surface area contributed by atoms with Crippen molar-refractivity contribution in [2.75, 3.05) is 18.4 Å². The van der Waals surface area contributed by atoms with Gasteiger partial charge >= 0.3 is 0 Å². The average molecular weight is 486 g/mol. The molecule has 174 valence electrons. The van der Waals surface area contributed by atoms with Crippen LogP contribution in [0.5, 0.6) is 0 Å². The van der Waals surface area contributed by atoms with Crippen molar-refractivity contribution in [1.82, 2.24) is 9.62 Å². The van der Waals surface area contributed by atoms with Crippen LogP contribution in [0.15, 0.2) is 70.9 Å². The number of nitrogens with zero attached hydrogens (tertiary/aromatic N) is 1. The quantitative estimate of drug-likeness (QED) is 0.466. The molecule has 3 aromatic rings. The van der Waals surface area contributed by atoms with E-state index in [1.54, 1.807) is 74.5 Å². The Morgan fingerprint density at radius 1 is 0.939 bits per heavy atom. The molecule has 9 heteroatoms. The molecule has 33 heavy (non-hydrogen) atoms. The van der Waals surface area contributed by atoms with Crippen molar-refractivity contribution in [2.45, 2.75) is 31.7 Å². The highest BCUT2D eigenvalue weighted by atomic mass is 32.2. The number of carbonyl (C=O) groups is 2. The summed E-state index contributed by atoms with van der Waals surface area (Å²) in [6.07, 6.45) is 0. The first-order valence-corrected chi connectivity index (χ1v) is 12.9. The Bertz CT molecular complexity index is 1200. The second-order valence-electron chi connectivity index (χ2n) is 7.33. The third-order valence-electron chi connectivity index (χ3n) is 5.24. The van der Waals surface area contributed by atoms with Gasteiger partial charge in [0.2, 0.25) is 10.0 Å². The molecule has 0 spiro atoms. The Morgan fingerprint density at radius 3 is 2.21 bits per heavy atom. The summed E-state index contributed by atoms with van der Waals surface area (Å²) >= 11 is 1.32. The molecule has 1 atom stereocenters. The van der Waals surface area contributed by atoms with Gasteiger partial charge in [0.1, 0.15) is 0 Å². The van der Waals surface area contributed by atoms with E-state index in [0.29, 0.717) is 29.2 Å². The molecule has 1 heterocycles. The van der Waals surface area contributed by atoms with E-state index in [1.165, 1.54) is 15.6 Å². The number of nitrogens with one attached hydrogen (secondary N) is 2. The number of hydrogen-bond acceptors (Lipinski definition) is 5. The molecule has 1 unspecified atom stereocenters. The summed E-state index contributed by atoms with van der Waals surface area (Å²) in [6.45, 7) is 6.21. The maximum atomic E-state index is 12.9. The van der Waals surface area contributed by atoms with Crippen LogP contribution in [0.2, 0.25) is 0 Å². The average Bonchev–Trinajstić information content (AvgIpc) is 3.35. The standard InChI is InChI=1S/C24H27N3O4S2/c1-4-27(5-2)33(30,31)19-14-12-18(13-15-19)17(3)25-23(28)20-9-6-7-10-21(20)26-24(29)22-11-8-16-32-22/h6-17H,4-5H2,1-3H3,(H,25,28)(H,26,29). The molecule has 0 aliphatic rings. The van der Waals surface area contributed by atoms with Crippen LogP contribution >= 0.6 is 11.3 Å². The Morgan fingerprint density at radius 2 is 1.61 bits per heavy atom. The molecule has 0 aliphatic carbocycles. The molecule has 0 bridgehead atoms. The van der Waals surface area contributed by atoms with Gasteiger partial charge in [0.25, 0.3) is 11.8 Å². The van der Waals surface area contributed by atoms with Gasteiger partial charge < -0.3 is 10.6 Å². The van der Waals surface area contributed by atoms with Crippen molar-refractivity contribution in [3.63, 3.8) is 0 Å². The van der Waals surface area contributed by atoms with Crippen LogP contribution in [-0.4, -0.2) is 37.6 Å². The number of anilines is 1. The van der Waals surface area contributed by atoms with Crippen molar-refractivity contribution in [2.24, 2.45) is 0 Å². The fraction of sp³-hybridized carbons (Fsp3) is 0.250. The van der Waals surface area contributed by atoms with Gasteiger partial charge in [0.15, 0.2) is 0 Å². The van der Waals surface area contributed by atoms with Crippen LogP contribution in [0, 0.1) is 0 Å². The molecule has 0 saturated heterocycles. The minimum atomic E-state index is -3.54. The number of sulfonamides is 1. The lowest BCUT2D eigenvalue weighted by Gasteiger charge is -2.20. The van der Waals surface area contributed by atoms with Gasteiger partial charge in [-0.25, -0.2) is 8.42 Å². The van der Waals surface area contributed by atoms with Crippen LogP contribution in [0.4, 0.5) is 5.69 Å². The summed E-state index contributed by atoms with van der Waals surface area (Å²) in [5.41, 5.74) is 1.53. The number of hydrogen-bond donors (Lipinski definition) is 2. The summed E-state index contributed by atoms with van der Waals surface area (Å²) in [5, 5.41) is 7.52. The predicted octanol–water partition coefficient (Wildman–Crippen LogP) is 4.52. The Labute approximate surface area is 198 Å². The van der Waals surface area contributed by atoms with E-state index < -0.39 is 10.0 Å². The number of benzene rings is 2. The normalized spacial score (nSPS) is 12.4. The third kappa shape index (κ3) is 5.68. The molecule has 0 saturated carbocycles. The minimum absolute atomic E-state index is 0.218. The SMILES string of the molecule is CCN(CC)S(=O)(=O)c1ccc(C(C)NC(=O)c2ccccc2NC(=O)c2cccs2)cc1. The summed E-state index contributed by atoms with van der Waals surface area (Å²) in [7, 11) is -3.54. The van der Waals surface area contributed by atoms with Crippen molar-refractivity contribution < 1.29 is 18.0 Å². The van der Waals surface area contributed by atoms with E-state index in [2.05, 4.69) is 10.6 Å². The first-order chi connectivity index (χ1) is 15.8. The molecule has 1 aromatic heterocycles. The zero-order valence-corrected chi connectivity index (χ0v) is 20.4. The molecule has 2 N–H and O–H groups in total. The van der Waals surface area contributed by atoms with Crippen molar-refractivity contribution in [3.05, 3.63) is 82.0 Å². The second-order valence-corrected chi connectivity index (χ2v) is 10.2. The number of para-hydroxylation sites is 1. The summed E-state index contributed by atoms with van der Waals surface area (Å²) in [5.74, 6) is -0.618. The first kappa shape index (κ1) is 24.6. The molecular formula is C24H27N3O4S2. The van der Waals surface area contributed by atoms with Crippen LogP contribution in [-0.2, 0) is 10.0 Å². The predicted molar refractivity (Wildman–Crippen MR) is 131 cm³/mol. The zero-order valence-electron chi connectivity index (χ0n) is 18.7. The van der Waals surface area contributed by atoms with Crippen LogP contribution < -0.4 is 10.6 Å². The Balaban J connectivity index is 1.73. The van der Waals surface area contributed by atoms with Crippen molar-refractivity contribution >= 4 is 38.9 Å². The van der Waals surface area contributed by atoms with Gasteiger partial charge in [-0.2, -0.15) is 4.31 Å². The fourth-order valence-electron chi connectivity index (χ4n) is 3.38. The molecule has 2 amide bonds.